The van der Waals surface area contributed by atoms with E-state index >= 15 is 0 Å². The zero-order valence-corrected chi connectivity index (χ0v) is 15.5. The molecule has 0 spiro atoms. The molecule has 0 radical (unpaired) electrons. The number of carboxylic acid groups (broad SMARTS) is 1. The standard InChI is InChI=1S/C17H23FN2O5S/c1-11(2)15(17(22)23)19-16(21)12-7-9-20(10-8-12)26(24,25)14-6-4-3-5-13(14)18/h3-6,11-12,15H,7-10H2,1-2H3,(H,19,21)(H,22,23)/t15-/m0/s1. The fourth-order valence-corrected chi connectivity index (χ4v) is 4.47. The number of nitrogens with zero attached hydrogens (tertiary/aromatic N) is 1. The third-order valence-electron chi connectivity index (χ3n) is 4.51. The first-order valence-corrected chi connectivity index (χ1v) is 9.86. The van der Waals surface area contributed by atoms with Crippen molar-refractivity contribution >= 4 is 21.9 Å². The van der Waals surface area contributed by atoms with Gasteiger partial charge in [-0.25, -0.2) is 17.6 Å². The van der Waals surface area contributed by atoms with Crippen LogP contribution in [0, 0.1) is 17.7 Å². The molecule has 7 nitrogen and oxygen atoms in total. The number of hydrogen-bond donors (Lipinski definition) is 2. The molecule has 26 heavy (non-hydrogen) atoms. The van der Waals surface area contributed by atoms with Crippen LogP contribution in [0.4, 0.5) is 4.39 Å². The molecule has 1 amide bonds. The number of benzene rings is 1. The van der Waals surface area contributed by atoms with Crippen LogP contribution in [-0.4, -0.2) is 48.8 Å². The quantitative estimate of drug-likeness (QED) is 0.770. The maximum Gasteiger partial charge on any atom is 0.326 e. The minimum Gasteiger partial charge on any atom is -0.480 e. The number of carbonyl (C=O) groups is 2. The van der Waals surface area contributed by atoms with Crippen LogP contribution in [0.1, 0.15) is 26.7 Å². The highest BCUT2D eigenvalue weighted by atomic mass is 32.2. The summed E-state index contributed by atoms with van der Waals surface area (Å²) in [5.74, 6) is -3.05. The molecule has 1 aliphatic rings. The number of piperidine rings is 1. The van der Waals surface area contributed by atoms with E-state index in [1.54, 1.807) is 13.8 Å². The van der Waals surface area contributed by atoms with E-state index in [1.807, 2.05) is 0 Å². The van der Waals surface area contributed by atoms with Gasteiger partial charge in [-0.1, -0.05) is 26.0 Å². The Balaban J connectivity index is 2.02. The van der Waals surface area contributed by atoms with E-state index in [0.717, 1.165) is 10.4 Å². The van der Waals surface area contributed by atoms with Gasteiger partial charge in [0.25, 0.3) is 0 Å². The van der Waals surface area contributed by atoms with E-state index < -0.39 is 39.7 Å². The first-order chi connectivity index (χ1) is 12.1. The number of sulfonamides is 1. The van der Waals surface area contributed by atoms with Crippen molar-refractivity contribution in [1.29, 1.82) is 0 Å². The third-order valence-corrected chi connectivity index (χ3v) is 6.44. The predicted molar refractivity (Wildman–Crippen MR) is 92.3 cm³/mol. The Morgan fingerprint density at radius 2 is 1.81 bits per heavy atom. The van der Waals surface area contributed by atoms with Gasteiger partial charge in [-0.15, -0.1) is 0 Å². The van der Waals surface area contributed by atoms with E-state index in [1.165, 1.54) is 18.2 Å². The minimum atomic E-state index is -3.96. The fourth-order valence-electron chi connectivity index (χ4n) is 2.94. The van der Waals surface area contributed by atoms with Crippen molar-refractivity contribution in [3.63, 3.8) is 0 Å². The highest BCUT2D eigenvalue weighted by Crippen LogP contribution is 2.25. The molecule has 0 saturated carbocycles. The highest BCUT2D eigenvalue weighted by molar-refractivity contribution is 7.89. The molecule has 0 aliphatic carbocycles. The maximum atomic E-state index is 13.8. The van der Waals surface area contributed by atoms with Gasteiger partial charge in [-0.3, -0.25) is 4.79 Å². The topological polar surface area (TPSA) is 104 Å². The van der Waals surface area contributed by atoms with E-state index in [2.05, 4.69) is 5.32 Å². The summed E-state index contributed by atoms with van der Waals surface area (Å²) in [7, 11) is -3.96. The van der Waals surface area contributed by atoms with Gasteiger partial charge in [-0.2, -0.15) is 4.31 Å². The zero-order valence-electron chi connectivity index (χ0n) is 14.7. The molecule has 2 N–H and O–H groups in total. The summed E-state index contributed by atoms with van der Waals surface area (Å²) in [6.45, 7) is 3.55. The molecule has 9 heteroatoms. The molecule has 1 aromatic carbocycles. The van der Waals surface area contributed by atoms with Crippen molar-refractivity contribution in [1.82, 2.24) is 9.62 Å². The van der Waals surface area contributed by atoms with Crippen molar-refractivity contribution < 1.29 is 27.5 Å². The second-order valence-corrected chi connectivity index (χ2v) is 8.58. The monoisotopic (exact) mass is 386 g/mol. The molecule has 1 fully saturated rings. The lowest BCUT2D eigenvalue weighted by atomic mass is 9.95. The van der Waals surface area contributed by atoms with Crippen LogP contribution in [0.25, 0.3) is 0 Å². The zero-order chi connectivity index (χ0) is 19.5. The largest absolute Gasteiger partial charge is 0.480 e. The maximum absolute atomic E-state index is 13.8. The van der Waals surface area contributed by atoms with Crippen LogP contribution in [0.15, 0.2) is 29.2 Å². The molecule has 0 aromatic heterocycles. The van der Waals surface area contributed by atoms with Crippen LogP contribution in [0.2, 0.25) is 0 Å². The molecule has 0 unspecified atom stereocenters. The molecule has 1 aliphatic heterocycles. The Labute approximate surface area is 152 Å². The minimum absolute atomic E-state index is 0.0776. The van der Waals surface area contributed by atoms with Gasteiger partial charge in [0.05, 0.1) is 0 Å². The van der Waals surface area contributed by atoms with Gasteiger partial charge in [0.15, 0.2) is 0 Å². The van der Waals surface area contributed by atoms with Gasteiger partial charge in [0, 0.05) is 19.0 Å². The van der Waals surface area contributed by atoms with E-state index in [9.17, 15) is 22.4 Å². The number of nitrogens with one attached hydrogen (secondary N) is 1. The van der Waals surface area contributed by atoms with Gasteiger partial charge < -0.3 is 10.4 Å². The van der Waals surface area contributed by atoms with Gasteiger partial charge >= 0.3 is 5.97 Å². The molecule has 1 aromatic rings. The number of hydrogen-bond acceptors (Lipinski definition) is 4. The second-order valence-electron chi connectivity index (χ2n) is 6.68. The van der Waals surface area contributed by atoms with Gasteiger partial charge in [0.1, 0.15) is 16.8 Å². The first kappa shape index (κ1) is 20.3. The second kappa shape index (κ2) is 8.13. The van der Waals surface area contributed by atoms with Crippen LogP contribution < -0.4 is 5.32 Å². The fraction of sp³-hybridized carbons (Fsp3) is 0.529. The predicted octanol–water partition coefficient (Wildman–Crippen LogP) is 1.45. The number of rotatable bonds is 6. The molecule has 144 valence electrons. The number of aliphatic carboxylic acids is 1. The van der Waals surface area contributed by atoms with E-state index in [0.29, 0.717) is 0 Å². The van der Waals surface area contributed by atoms with Crippen molar-refractivity contribution in [2.75, 3.05) is 13.1 Å². The lowest BCUT2D eigenvalue weighted by Crippen LogP contribution is -2.49. The van der Waals surface area contributed by atoms with E-state index in [-0.39, 0.29) is 36.7 Å². The van der Waals surface area contributed by atoms with Crippen LogP contribution >= 0.6 is 0 Å². The van der Waals surface area contributed by atoms with Crippen molar-refractivity contribution in [3.05, 3.63) is 30.1 Å². The smallest absolute Gasteiger partial charge is 0.326 e. The summed E-state index contributed by atoms with van der Waals surface area (Å²) in [5.41, 5.74) is 0. The molecule has 1 atom stereocenters. The Hall–Kier alpha value is -2.00. The normalized spacial score (nSPS) is 17.8. The van der Waals surface area contributed by atoms with Crippen molar-refractivity contribution in [2.45, 2.75) is 37.6 Å². The third kappa shape index (κ3) is 4.39. The average molecular weight is 386 g/mol. The lowest BCUT2D eigenvalue weighted by molar-refractivity contribution is -0.144. The number of amides is 1. The van der Waals surface area contributed by atoms with Crippen LogP contribution in [-0.2, 0) is 19.6 Å². The van der Waals surface area contributed by atoms with Crippen molar-refractivity contribution in [2.24, 2.45) is 11.8 Å². The lowest BCUT2D eigenvalue weighted by Gasteiger charge is -2.31. The molecule has 1 heterocycles. The summed E-state index contributed by atoms with van der Waals surface area (Å²) in [5, 5.41) is 11.7. The molecular formula is C17H23FN2O5S. The van der Waals surface area contributed by atoms with Crippen LogP contribution in [0.5, 0.6) is 0 Å². The van der Waals surface area contributed by atoms with Gasteiger partial charge in [0.2, 0.25) is 15.9 Å². The van der Waals surface area contributed by atoms with E-state index in [4.69, 9.17) is 5.11 Å². The first-order valence-electron chi connectivity index (χ1n) is 8.42. The SMILES string of the molecule is CC(C)[C@H](NC(=O)C1CCN(S(=O)(=O)c2ccccc2F)CC1)C(=O)O. The van der Waals surface area contributed by atoms with Crippen molar-refractivity contribution in [3.8, 4) is 0 Å². The number of carbonyl (C=O) groups excluding carboxylic acids is 1. The Bertz CT molecular complexity index is 773. The number of carboxylic acids is 1. The van der Waals surface area contributed by atoms with Gasteiger partial charge in [-0.05, 0) is 30.9 Å². The molecular weight excluding hydrogens is 363 g/mol. The Kier molecular flexibility index (Phi) is 6.35. The molecule has 1 saturated heterocycles. The number of halogens is 1. The van der Waals surface area contributed by atoms with Crippen LogP contribution in [0.3, 0.4) is 0 Å². The summed E-state index contributed by atoms with van der Waals surface area (Å²) >= 11 is 0. The summed E-state index contributed by atoms with van der Waals surface area (Å²) in [4.78, 5) is 23.1. The Morgan fingerprint density at radius 3 is 2.31 bits per heavy atom. The molecule has 2 rings (SSSR count). The highest BCUT2D eigenvalue weighted by Gasteiger charge is 2.34. The Morgan fingerprint density at radius 1 is 1.23 bits per heavy atom. The summed E-state index contributed by atoms with van der Waals surface area (Å²) in [6.07, 6.45) is 0.508. The summed E-state index contributed by atoms with van der Waals surface area (Å²) < 4.78 is 40.1. The molecule has 0 bridgehead atoms. The average Bonchev–Trinajstić information content (AvgIpc) is 2.59. The summed E-state index contributed by atoms with van der Waals surface area (Å²) in [6, 6.07) is 4.18.